The maximum Gasteiger partial charge on any atom is 0.227 e. The third-order valence-corrected chi connectivity index (χ3v) is 3.74. The lowest BCUT2D eigenvalue weighted by Crippen LogP contribution is -2.46. The molecule has 1 aromatic carbocycles. The highest BCUT2D eigenvalue weighted by Crippen LogP contribution is 2.26. The average Bonchev–Trinajstić information content (AvgIpc) is 2.89. The van der Waals surface area contributed by atoms with Crippen LogP contribution in [0, 0.1) is 0 Å². The fourth-order valence-corrected chi connectivity index (χ4v) is 2.75. The molecule has 1 aromatic rings. The number of hydrogen-bond acceptors (Lipinski definition) is 3. The van der Waals surface area contributed by atoms with Gasteiger partial charge in [-0.25, -0.2) is 0 Å². The van der Waals surface area contributed by atoms with Crippen molar-refractivity contribution in [1.29, 1.82) is 0 Å². The van der Waals surface area contributed by atoms with Gasteiger partial charge in [0.15, 0.2) is 0 Å². The molecule has 0 unspecified atom stereocenters. The fraction of sp³-hybridized carbons (Fsp3) is 0.500. The van der Waals surface area contributed by atoms with Crippen molar-refractivity contribution in [2.75, 3.05) is 38.0 Å². The summed E-state index contributed by atoms with van der Waals surface area (Å²) < 4.78 is 0. The third-order valence-electron chi connectivity index (χ3n) is 3.74. The van der Waals surface area contributed by atoms with Crippen molar-refractivity contribution in [3.63, 3.8) is 0 Å². The molecule has 4 heteroatoms. The van der Waals surface area contributed by atoms with Crippen molar-refractivity contribution in [2.45, 2.75) is 12.8 Å². The lowest BCUT2D eigenvalue weighted by Gasteiger charge is -2.27. The van der Waals surface area contributed by atoms with Gasteiger partial charge in [0.2, 0.25) is 5.91 Å². The number of piperazine rings is 1. The molecule has 3 rings (SSSR count). The van der Waals surface area contributed by atoms with Crippen LogP contribution in [0.15, 0.2) is 18.2 Å². The average molecular weight is 245 g/mol. The fourth-order valence-electron chi connectivity index (χ4n) is 2.75. The van der Waals surface area contributed by atoms with Gasteiger partial charge in [-0.3, -0.25) is 4.79 Å². The summed E-state index contributed by atoms with van der Waals surface area (Å²) in [4.78, 5) is 14.2. The Kier molecular flexibility index (Phi) is 3.19. The summed E-state index contributed by atoms with van der Waals surface area (Å²) in [7, 11) is 0. The molecular weight excluding hydrogens is 226 g/mol. The van der Waals surface area contributed by atoms with Crippen LogP contribution < -0.4 is 10.6 Å². The predicted molar refractivity (Wildman–Crippen MR) is 71.8 cm³/mol. The molecule has 1 saturated heterocycles. The standard InChI is InChI=1S/C14H19N3O/c18-13(17-8-6-15-7-9-17)10-12-3-1-2-11-4-5-16-14(11)12/h1-3,15-16H,4-10H2. The van der Waals surface area contributed by atoms with Crippen LogP contribution >= 0.6 is 0 Å². The van der Waals surface area contributed by atoms with E-state index in [1.807, 2.05) is 4.90 Å². The van der Waals surface area contributed by atoms with Crippen molar-refractivity contribution in [1.82, 2.24) is 10.2 Å². The smallest absolute Gasteiger partial charge is 0.227 e. The van der Waals surface area contributed by atoms with E-state index in [1.54, 1.807) is 0 Å². The number of hydrogen-bond donors (Lipinski definition) is 2. The summed E-state index contributed by atoms with van der Waals surface area (Å²) in [5, 5.41) is 6.66. The van der Waals surface area contributed by atoms with E-state index in [4.69, 9.17) is 0 Å². The minimum absolute atomic E-state index is 0.249. The van der Waals surface area contributed by atoms with E-state index in [-0.39, 0.29) is 5.91 Å². The molecule has 2 aliphatic heterocycles. The normalized spacial score (nSPS) is 18.3. The van der Waals surface area contributed by atoms with Gasteiger partial charge in [0.25, 0.3) is 0 Å². The van der Waals surface area contributed by atoms with E-state index in [0.29, 0.717) is 6.42 Å². The van der Waals surface area contributed by atoms with Crippen LogP contribution in [0.2, 0.25) is 0 Å². The first-order valence-corrected chi connectivity index (χ1v) is 6.68. The van der Waals surface area contributed by atoms with E-state index < -0.39 is 0 Å². The van der Waals surface area contributed by atoms with Crippen LogP contribution in [0.3, 0.4) is 0 Å². The molecule has 2 heterocycles. The Bertz CT molecular complexity index is 452. The second-order valence-electron chi connectivity index (χ2n) is 4.94. The van der Waals surface area contributed by atoms with Gasteiger partial charge in [-0.05, 0) is 17.5 Å². The summed E-state index contributed by atoms with van der Waals surface area (Å²) in [6, 6.07) is 6.28. The Morgan fingerprint density at radius 2 is 2.06 bits per heavy atom. The molecule has 2 aliphatic rings. The Balaban J connectivity index is 1.72. The van der Waals surface area contributed by atoms with Crippen LogP contribution in [0.5, 0.6) is 0 Å². The molecule has 1 fully saturated rings. The lowest BCUT2D eigenvalue weighted by atomic mass is 10.0. The maximum absolute atomic E-state index is 12.2. The summed E-state index contributed by atoms with van der Waals surface area (Å²) in [6.45, 7) is 4.49. The van der Waals surface area contributed by atoms with E-state index in [0.717, 1.165) is 44.7 Å². The van der Waals surface area contributed by atoms with Crippen molar-refractivity contribution in [3.05, 3.63) is 29.3 Å². The molecule has 0 aromatic heterocycles. The van der Waals surface area contributed by atoms with Gasteiger partial charge in [-0.15, -0.1) is 0 Å². The van der Waals surface area contributed by atoms with Crippen LogP contribution in [0.4, 0.5) is 5.69 Å². The van der Waals surface area contributed by atoms with Gasteiger partial charge >= 0.3 is 0 Å². The molecule has 0 aliphatic carbocycles. The van der Waals surface area contributed by atoms with Gasteiger partial charge < -0.3 is 15.5 Å². The first-order chi connectivity index (χ1) is 8.84. The summed E-state index contributed by atoms with van der Waals surface area (Å²) in [6.07, 6.45) is 1.60. The van der Waals surface area contributed by atoms with Crippen LogP contribution in [-0.2, 0) is 17.6 Å². The van der Waals surface area contributed by atoms with Crippen molar-refractivity contribution in [2.24, 2.45) is 0 Å². The number of carbonyl (C=O) groups excluding carboxylic acids is 1. The van der Waals surface area contributed by atoms with Gasteiger partial charge in [-0.2, -0.15) is 0 Å². The molecule has 0 atom stereocenters. The van der Waals surface area contributed by atoms with Crippen LogP contribution in [0.1, 0.15) is 11.1 Å². The second-order valence-corrected chi connectivity index (χ2v) is 4.94. The molecule has 1 amide bonds. The number of carbonyl (C=O) groups is 1. The highest BCUT2D eigenvalue weighted by molar-refractivity contribution is 5.81. The second kappa shape index (κ2) is 4.98. The number of amides is 1. The zero-order chi connectivity index (χ0) is 12.4. The Morgan fingerprint density at radius 3 is 2.89 bits per heavy atom. The number of para-hydroxylation sites is 1. The molecule has 2 N–H and O–H groups in total. The number of benzene rings is 1. The van der Waals surface area contributed by atoms with Gasteiger partial charge in [-0.1, -0.05) is 18.2 Å². The number of nitrogens with zero attached hydrogens (tertiary/aromatic N) is 1. The SMILES string of the molecule is O=C(Cc1cccc2c1NCC2)N1CCNCC1. The van der Waals surface area contributed by atoms with Crippen LogP contribution in [-0.4, -0.2) is 43.5 Å². The van der Waals surface area contributed by atoms with Gasteiger partial charge in [0.05, 0.1) is 6.42 Å². The largest absolute Gasteiger partial charge is 0.384 e. The van der Waals surface area contributed by atoms with Crippen LogP contribution in [0.25, 0.3) is 0 Å². The lowest BCUT2D eigenvalue weighted by molar-refractivity contribution is -0.131. The zero-order valence-electron chi connectivity index (χ0n) is 10.5. The molecule has 0 spiro atoms. The minimum Gasteiger partial charge on any atom is -0.384 e. The van der Waals surface area contributed by atoms with E-state index in [9.17, 15) is 4.79 Å². The number of nitrogens with one attached hydrogen (secondary N) is 2. The third kappa shape index (κ3) is 2.20. The molecular formula is C14H19N3O. The van der Waals surface area contributed by atoms with Gasteiger partial charge in [0.1, 0.15) is 0 Å². The highest BCUT2D eigenvalue weighted by Gasteiger charge is 2.20. The predicted octanol–water partition coefficient (Wildman–Crippen LogP) is 0.629. The van der Waals surface area contributed by atoms with E-state index in [2.05, 4.69) is 28.8 Å². The number of rotatable bonds is 2. The molecule has 96 valence electrons. The van der Waals surface area contributed by atoms with Gasteiger partial charge in [0, 0.05) is 38.4 Å². The molecule has 0 saturated carbocycles. The van der Waals surface area contributed by atoms with Crippen molar-refractivity contribution < 1.29 is 4.79 Å². The Labute approximate surface area is 107 Å². The zero-order valence-corrected chi connectivity index (χ0v) is 10.5. The summed E-state index contributed by atoms with van der Waals surface area (Å²) in [5.41, 5.74) is 3.69. The molecule has 4 nitrogen and oxygen atoms in total. The van der Waals surface area contributed by atoms with Crippen molar-refractivity contribution >= 4 is 11.6 Å². The monoisotopic (exact) mass is 245 g/mol. The molecule has 18 heavy (non-hydrogen) atoms. The Hall–Kier alpha value is -1.55. The quantitative estimate of drug-likeness (QED) is 0.803. The molecule has 0 radical (unpaired) electrons. The highest BCUT2D eigenvalue weighted by atomic mass is 16.2. The Morgan fingerprint density at radius 1 is 1.22 bits per heavy atom. The topological polar surface area (TPSA) is 44.4 Å². The first kappa shape index (κ1) is 11.5. The van der Waals surface area contributed by atoms with Crippen molar-refractivity contribution in [3.8, 4) is 0 Å². The maximum atomic E-state index is 12.2. The van der Waals surface area contributed by atoms with E-state index >= 15 is 0 Å². The summed E-state index contributed by atoms with van der Waals surface area (Å²) in [5.74, 6) is 0.249. The van der Waals surface area contributed by atoms with E-state index in [1.165, 1.54) is 11.3 Å². The molecule has 0 bridgehead atoms. The number of anilines is 1. The first-order valence-electron chi connectivity index (χ1n) is 6.68. The summed E-state index contributed by atoms with van der Waals surface area (Å²) >= 11 is 0. The minimum atomic E-state index is 0.249. The number of fused-ring (bicyclic) bond motifs is 1.